The summed E-state index contributed by atoms with van der Waals surface area (Å²) < 4.78 is 0. The fourth-order valence-electron chi connectivity index (χ4n) is 2.33. The van der Waals surface area contributed by atoms with Gasteiger partial charge < -0.3 is 11.1 Å². The van der Waals surface area contributed by atoms with Crippen LogP contribution < -0.4 is 11.1 Å². The number of nitrogens with one attached hydrogen (secondary N) is 1. The molecule has 0 spiro atoms. The number of rotatable bonds is 8. The van der Waals surface area contributed by atoms with Gasteiger partial charge in [-0.15, -0.1) is 0 Å². The molecule has 0 saturated carbocycles. The highest BCUT2D eigenvalue weighted by molar-refractivity contribution is 5.78. The van der Waals surface area contributed by atoms with Crippen molar-refractivity contribution in [2.24, 2.45) is 0 Å². The maximum absolute atomic E-state index is 12.1. The maximum atomic E-state index is 12.1. The third-order valence-electron chi connectivity index (χ3n) is 3.63. The van der Waals surface area contributed by atoms with E-state index in [-0.39, 0.29) is 18.0 Å². The normalized spacial score (nSPS) is 12.7. The molecule has 21 heavy (non-hydrogen) atoms. The molecule has 1 atom stereocenters. The van der Waals surface area contributed by atoms with Crippen molar-refractivity contribution in [1.82, 2.24) is 10.2 Å². The fraction of sp³-hybridized carbons (Fsp3) is 0.588. The lowest BCUT2D eigenvalue weighted by Gasteiger charge is -2.27. The van der Waals surface area contributed by atoms with E-state index in [4.69, 9.17) is 5.73 Å². The van der Waals surface area contributed by atoms with Crippen molar-refractivity contribution < 1.29 is 4.79 Å². The number of para-hydroxylation sites is 1. The van der Waals surface area contributed by atoms with Crippen LogP contribution in [-0.4, -0.2) is 29.4 Å². The minimum absolute atomic E-state index is 0.0825. The lowest BCUT2D eigenvalue weighted by atomic mass is 10.1. The summed E-state index contributed by atoms with van der Waals surface area (Å²) in [6.07, 6.45) is 2.09. The fourth-order valence-corrected chi connectivity index (χ4v) is 2.33. The number of carbonyl (C=O) groups is 1. The van der Waals surface area contributed by atoms with Gasteiger partial charge in [-0.25, -0.2) is 0 Å². The molecular weight excluding hydrogens is 262 g/mol. The first-order valence-electron chi connectivity index (χ1n) is 7.80. The zero-order valence-electron chi connectivity index (χ0n) is 13.7. The summed E-state index contributed by atoms with van der Waals surface area (Å²) in [7, 11) is 0. The van der Waals surface area contributed by atoms with Gasteiger partial charge in [0.2, 0.25) is 5.91 Å². The van der Waals surface area contributed by atoms with Crippen LogP contribution in [0.2, 0.25) is 0 Å². The van der Waals surface area contributed by atoms with Crippen molar-refractivity contribution in [2.75, 3.05) is 12.3 Å². The third kappa shape index (κ3) is 6.17. The first-order chi connectivity index (χ1) is 9.93. The van der Waals surface area contributed by atoms with Crippen LogP contribution in [0.15, 0.2) is 24.3 Å². The monoisotopic (exact) mass is 291 g/mol. The van der Waals surface area contributed by atoms with Crippen LogP contribution >= 0.6 is 0 Å². The number of nitrogens with zero attached hydrogens (tertiary/aromatic N) is 1. The van der Waals surface area contributed by atoms with E-state index in [2.05, 4.69) is 37.9 Å². The molecule has 0 saturated heterocycles. The van der Waals surface area contributed by atoms with Gasteiger partial charge in [0.05, 0.1) is 6.54 Å². The molecule has 1 amide bonds. The highest BCUT2D eigenvalue weighted by Crippen LogP contribution is 2.15. The van der Waals surface area contributed by atoms with Gasteiger partial charge in [0, 0.05) is 24.3 Å². The minimum atomic E-state index is 0.0825. The Hall–Kier alpha value is -1.55. The standard InChI is InChI=1S/C17H29N3O/c1-5-8-14(4)19-17(21)12-20(13(2)3)11-15-9-6-7-10-16(15)18/h6-7,9-10,13-14H,5,8,11-12,18H2,1-4H3,(H,19,21). The molecule has 0 radical (unpaired) electrons. The number of nitrogens with two attached hydrogens (primary N) is 1. The molecule has 0 aliphatic heterocycles. The molecule has 1 aromatic carbocycles. The average molecular weight is 291 g/mol. The number of amides is 1. The van der Waals surface area contributed by atoms with Crippen LogP contribution in [0.3, 0.4) is 0 Å². The lowest BCUT2D eigenvalue weighted by Crippen LogP contribution is -2.43. The molecule has 3 N–H and O–H groups in total. The molecule has 0 aromatic heterocycles. The summed E-state index contributed by atoms with van der Waals surface area (Å²) in [6.45, 7) is 9.47. The number of benzene rings is 1. The Balaban J connectivity index is 2.62. The summed E-state index contributed by atoms with van der Waals surface area (Å²) in [5.41, 5.74) is 7.84. The predicted octanol–water partition coefficient (Wildman–Crippen LogP) is 2.78. The second kappa shape index (κ2) is 8.67. The smallest absolute Gasteiger partial charge is 0.234 e. The van der Waals surface area contributed by atoms with Crippen LogP contribution in [0, 0.1) is 0 Å². The molecule has 4 heteroatoms. The number of hydrogen-bond acceptors (Lipinski definition) is 3. The van der Waals surface area contributed by atoms with Crippen molar-refractivity contribution >= 4 is 11.6 Å². The van der Waals surface area contributed by atoms with Gasteiger partial charge in [0.1, 0.15) is 0 Å². The predicted molar refractivity (Wildman–Crippen MR) is 88.9 cm³/mol. The van der Waals surface area contributed by atoms with Gasteiger partial charge in [0.25, 0.3) is 0 Å². The van der Waals surface area contributed by atoms with E-state index in [0.29, 0.717) is 13.1 Å². The SMILES string of the molecule is CCCC(C)NC(=O)CN(Cc1ccccc1N)C(C)C. The van der Waals surface area contributed by atoms with Crippen LogP contribution in [0.1, 0.15) is 46.1 Å². The molecule has 118 valence electrons. The molecule has 1 unspecified atom stereocenters. The second-order valence-electron chi connectivity index (χ2n) is 5.95. The van der Waals surface area contributed by atoms with E-state index < -0.39 is 0 Å². The molecule has 1 aromatic rings. The quantitative estimate of drug-likeness (QED) is 0.724. The maximum Gasteiger partial charge on any atom is 0.234 e. The van der Waals surface area contributed by atoms with Crippen LogP contribution in [0.25, 0.3) is 0 Å². The zero-order valence-corrected chi connectivity index (χ0v) is 13.7. The molecule has 0 bridgehead atoms. The number of nitrogen functional groups attached to an aromatic ring is 1. The Morgan fingerprint density at radius 3 is 2.52 bits per heavy atom. The Labute approximate surface area is 128 Å². The van der Waals surface area contributed by atoms with Crippen molar-refractivity contribution in [3.05, 3.63) is 29.8 Å². The molecule has 1 rings (SSSR count). The van der Waals surface area contributed by atoms with Gasteiger partial charge >= 0.3 is 0 Å². The van der Waals surface area contributed by atoms with Crippen LogP contribution in [0.5, 0.6) is 0 Å². The first kappa shape index (κ1) is 17.5. The van der Waals surface area contributed by atoms with Gasteiger partial charge in [-0.2, -0.15) is 0 Å². The van der Waals surface area contributed by atoms with E-state index in [9.17, 15) is 4.79 Å². The average Bonchev–Trinajstić information content (AvgIpc) is 2.40. The zero-order chi connectivity index (χ0) is 15.8. The van der Waals surface area contributed by atoms with Crippen LogP contribution in [0.4, 0.5) is 5.69 Å². The molecular formula is C17H29N3O. The van der Waals surface area contributed by atoms with E-state index in [1.165, 1.54) is 0 Å². The second-order valence-corrected chi connectivity index (χ2v) is 5.95. The van der Waals surface area contributed by atoms with Crippen LogP contribution in [-0.2, 0) is 11.3 Å². The topological polar surface area (TPSA) is 58.4 Å². The number of carbonyl (C=O) groups excluding carboxylic acids is 1. The summed E-state index contributed by atoms with van der Waals surface area (Å²) in [4.78, 5) is 14.3. The van der Waals surface area contributed by atoms with Gasteiger partial charge in [-0.1, -0.05) is 31.5 Å². The van der Waals surface area contributed by atoms with Gasteiger partial charge in [-0.05, 0) is 38.8 Å². The summed E-state index contributed by atoms with van der Waals surface area (Å²) in [5, 5.41) is 3.05. The Morgan fingerprint density at radius 1 is 1.29 bits per heavy atom. The van der Waals surface area contributed by atoms with Crippen molar-refractivity contribution in [2.45, 2.75) is 59.2 Å². The molecule has 0 aliphatic carbocycles. The van der Waals surface area contributed by atoms with E-state index in [0.717, 1.165) is 24.1 Å². The minimum Gasteiger partial charge on any atom is -0.398 e. The largest absolute Gasteiger partial charge is 0.398 e. The highest BCUT2D eigenvalue weighted by Gasteiger charge is 2.16. The molecule has 0 aliphatic rings. The first-order valence-corrected chi connectivity index (χ1v) is 7.80. The number of anilines is 1. The molecule has 0 fully saturated rings. The summed E-state index contributed by atoms with van der Waals surface area (Å²) >= 11 is 0. The summed E-state index contributed by atoms with van der Waals surface area (Å²) in [5.74, 6) is 0.0825. The highest BCUT2D eigenvalue weighted by atomic mass is 16.2. The lowest BCUT2D eigenvalue weighted by molar-refractivity contribution is -0.123. The van der Waals surface area contributed by atoms with Crippen molar-refractivity contribution in [3.8, 4) is 0 Å². The summed E-state index contributed by atoms with van der Waals surface area (Å²) in [6, 6.07) is 8.35. The van der Waals surface area contributed by atoms with E-state index in [1.807, 2.05) is 24.3 Å². The molecule has 0 heterocycles. The Bertz CT molecular complexity index is 445. The Morgan fingerprint density at radius 2 is 1.95 bits per heavy atom. The van der Waals surface area contributed by atoms with E-state index in [1.54, 1.807) is 0 Å². The van der Waals surface area contributed by atoms with Gasteiger partial charge in [-0.3, -0.25) is 9.69 Å². The third-order valence-corrected chi connectivity index (χ3v) is 3.63. The number of hydrogen-bond donors (Lipinski definition) is 2. The van der Waals surface area contributed by atoms with Gasteiger partial charge in [0.15, 0.2) is 0 Å². The van der Waals surface area contributed by atoms with Crippen molar-refractivity contribution in [3.63, 3.8) is 0 Å². The van der Waals surface area contributed by atoms with E-state index >= 15 is 0 Å². The van der Waals surface area contributed by atoms with Crippen molar-refractivity contribution in [1.29, 1.82) is 0 Å². The molecule has 4 nitrogen and oxygen atoms in total. The Kier molecular flexibility index (Phi) is 7.23.